The van der Waals surface area contributed by atoms with Gasteiger partial charge in [-0.3, -0.25) is 9.59 Å². The molecule has 1 aromatic carbocycles. The summed E-state index contributed by atoms with van der Waals surface area (Å²) in [6.07, 6.45) is -4.63. The van der Waals surface area contributed by atoms with E-state index in [4.69, 9.17) is 17.3 Å². The maximum atomic E-state index is 12.7. The van der Waals surface area contributed by atoms with Gasteiger partial charge in [-0.1, -0.05) is 25.4 Å². The maximum absolute atomic E-state index is 12.7. The first-order chi connectivity index (χ1) is 10.5. The number of hydrogen-bond donors (Lipinski definition) is 3. The van der Waals surface area contributed by atoms with Crippen LogP contribution in [0.4, 0.5) is 18.9 Å². The van der Waals surface area contributed by atoms with E-state index in [1.54, 1.807) is 13.8 Å². The van der Waals surface area contributed by atoms with Gasteiger partial charge in [-0.25, -0.2) is 0 Å². The van der Waals surface area contributed by atoms with Crippen LogP contribution in [0.25, 0.3) is 0 Å². The summed E-state index contributed by atoms with van der Waals surface area (Å²) in [4.78, 5) is 23.3. The fraction of sp³-hybridized carbons (Fsp3) is 0.429. The molecule has 0 unspecified atom stereocenters. The number of carbonyl (C=O) groups is 2. The van der Waals surface area contributed by atoms with Gasteiger partial charge >= 0.3 is 6.18 Å². The van der Waals surface area contributed by atoms with Gasteiger partial charge in [-0.15, -0.1) is 0 Å². The highest BCUT2D eigenvalue weighted by Crippen LogP contribution is 2.36. The molecule has 0 spiro atoms. The smallest absolute Gasteiger partial charge is 0.346 e. The lowest BCUT2D eigenvalue weighted by Gasteiger charge is -2.15. The molecule has 0 bridgehead atoms. The zero-order chi connectivity index (χ0) is 17.8. The van der Waals surface area contributed by atoms with Crippen molar-refractivity contribution >= 4 is 29.1 Å². The molecule has 5 nitrogen and oxygen atoms in total. The van der Waals surface area contributed by atoms with Crippen LogP contribution in [0.5, 0.6) is 0 Å². The van der Waals surface area contributed by atoms with Crippen molar-refractivity contribution in [2.75, 3.05) is 11.9 Å². The predicted octanol–water partition coefficient (Wildman–Crippen LogP) is 2.40. The molecule has 4 N–H and O–H groups in total. The molecule has 0 aliphatic carbocycles. The molecule has 23 heavy (non-hydrogen) atoms. The predicted molar refractivity (Wildman–Crippen MR) is 80.9 cm³/mol. The van der Waals surface area contributed by atoms with Crippen LogP contribution in [0.15, 0.2) is 18.2 Å². The van der Waals surface area contributed by atoms with E-state index in [9.17, 15) is 22.8 Å². The van der Waals surface area contributed by atoms with E-state index in [0.717, 1.165) is 12.1 Å². The van der Waals surface area contributed by atoms with E-state index in [2.05, 4.69) is 10.6 Å². The van der Waals surface area contributed by atoms with Gasteiger partial charge in [0.1, 0.15) is 0 Å². The first-order valence-electron chi connectivity index (χ1n) is 6.72. The number of rotatable bonds is 5. The van der Waals surface area contributed by atoms with Gasteiger partial charge < -0.3 is 16.4 Å². The number of carbonyl (C=O) groups excluding carboxylic acids is 2. The third-order valence-corrected chi connectivity index (χ3v) is 3.33. The Labute approximate surface area is 136 Å². The summed E-state index contributed by atoms with van der Waals surface area (Å²) in [5.41, 5.74) is 4.47. The molecule has 0 fully saturated rings. The first kappa shape index (κ1) is 19.2. The zero-order valence-corrected chi connectivity index (χ0v) is 13.3. The summed E-state index contributed by atoms with van der Waals surface area (Å²) in [6, 6.07) is 2.22. The molecule has 1 rings (SSSR count). The van der Waals surface area contributed by atoms with Gasteiger partial charge in [0, 0.05) is 5.69 Å². The molecular formula is C14H17ClF3N3O2. The monoisotopic (exact) mass is 351 g/mol. The Morgan fingerprint density at radius 1 is 1.30 bits per heavy atom. The zero-order valence-electron chi connectivity index (χ0n) is 12.5. The molecule has 1 aromatic rings. The highest BCUT2D eigenvalue weighted by atomic mass is 35.5. The van der Waals surface area contributed by atoms with Crippen LogP contribution in [0.2, 0.25) is 5.02 Å². The number of benzene rings is 1. The maximum Gasteiger partial charge on any atom is 0.417 e. The Morgan fingerprint density at radius 2 is 1.91 bits per heavy atom. The molecule has 1 atom stereocenters. The molecule has 0 saturated carbocycles. The summed E-state index contributed by atoms with van der Waals surface area (Å²) in [5.74, 6) is -1.30. The summed E-state index contributed by atoms with van der Waals surface area (Å²) in [7, 11) is 0. The van der Waals surface area contributed by atoms with E-state index in [1.807, 2.05) is 0 Å². The fourth-order valence-electron chi connectivity index (χ4n) is 1.61. The summed E-state index contributed by atoms with van der Waals surface area (Å²) in [6.45, 7) is 3.09. The van der Waals surface area contributed by atoms with Crippen molar-refractivity contribution in [1.82, 2.24) is 5.32 Å². The number of nitrogens with two attached hydrogens (primary N) is 1. The van der Waals surface area contributed by atoms with Gasteiger partial charge in [0.15, 0.2) is 0 Å². The van der Waals surface area contributed by atoms with E-state index < -0.39 is 41.2 Å². The second-order valence-corrected chi connectivity index (χ2v) is 5.64. The van der Waals surface area contributed by atoms with Crippen LogP contribution in [0.3, 0.4) is 0 Å². The van der Waals surface area contributed by atoms with Gasteiger partial charge in [0.25, 0.3) is 0 Å². The molecule has 0 aromatic heterocycles. The van der Waals surface area contributed by atoms with Gasteiger partial charge in [-0.05, 0) is 24.1 Å². The van der Waals surface area contributed by atoms with Gasteiger partial charge in [0.05, 0.1) is 23.2 Å². The van der Waals surface area contributed by atoms with E-state index in [1.165, 1.54) is 6.07 Å². The fourth-order valence-corrected chi connectivity index (χ4v) is 1.84. The Kier molecular flexibility index (Phi) is 6.40. The largest absolute Gasteiger partial charge is 0.417 e. The molecule has 0 aliphatic heterocycles. The molecule has 2 amide bonds. The number of anilines is 1. The lowest BCUT2D eigenvalue weighted by molar-refractivity contribution is -0.137. The Hall–Kier alpha value is -1.80. The van der Waals surface area contributed by atoms with Gasteiger partial charge in [-0.2, -0.15) is 13.2 Å². The average Bonchev–Trinajstić information content (AvgIpc) is 2.44. The van der Waals surface area contributed by atoms with Crippen LogP contribution in [-0.2, 0) is 15.8 Å². The quantitative estimate of drug-likeness (QED) is 0.761. The number of nitrogens with one attached hydrogen (secondary N) is 2. The normalized spacial score (nSPS) is 12.9. The van der Waals surface area contributed by atoms with Gasteiger partial charge in [0.2, 0.25) is 11.8 Å². The topological polar surface area (TPSA) is 84.2 Å². The van der Waals surface area contributed by atoms with Crippen LogP contribution >= 0.6 is 11.6 Å². The second kappa shape index (κ2) is 7.65. The van der Waals surface area contributed by atoms with Crippen LogP contribution in [0, 0.1) is 5.92 Å². The van der Waals surface area contributed by atoms with Crippen LogP contribution in [-0.4, -0.2) is 24.4 Å². The Morgan fingerprint density at radius 3 is 2.43 bits per heavy atom. The summed E-state index contributed by atoms with van der Waals surface area (Å²) >= 11 is 5.48. The molecule has 0 aliphatic rings. The van der Waals surface area contributed by atoms with Crippen molar-refractivity contribution in [2.45, 2.75) is 26.1 Å². The highest BCUT2D eigenvalue weighted by Gasteiger charge is 2.33. The third-order valence-electron chi connectivity index (χ3n) is 3.00. The van der Waals surface area contributed by atoms with Crippen molar-refractivity contribution in [3.05, 3.63) is 28.8 Å². The summed E-state index contributed by atoms with van der Waals surface area (Å²) < 4.78 is 38.1. The molecular weight excluding hydrogens is 335 g/mol. The summed E-state index contributed by atoms with van der Waals surface area (Å²) in [5, 5.41) is 4.10. The minimum atomic E-state index is -4.63. The number of amides is 2. The van der Waals surface area contributed by atoms with E-state index in [-0.39, 0.29) is 11.6 Å². The SMILES string of the molecule is CC(C)[C@H](N)C(=O)NCC(=O)Nc1ccc(Cl)c(C(F)(F)F)c1. The molecule has 0 heterocycles. The number of halogens is 4. The van der Waals surface area contributed by atoms with Crippen LogP contribution < -0.4 is 16.4 Å². The van der Waals surface area contributed by atoms with Crippen LogP contribution in [0.1, 0.15) is 19.4 Å². The molecule has 0 radical (unpaired) electrons. The average molecular weight is 352 g/mol. The standard InChI is InChI=1S/C14H17ClF3N3O2/c1-7(2)12(19)13(23)20-6-11(22)21-8-3-4-10(15)9(5-8)14(16,17)18/h3-5,7,12H,6,19H2,1-2H3,(H,20,23)(H,21,22)/t12-/m0/s1. The van der Waals surface area contributed by atoms with Crippen molar-refractivity contribution in [3.63, 3.8) is 0 Å². The van der Waals surface area contributed by atoms with Crippen molar-refractivity contribution in [3.8, 4) is 0 Å². The van der Waals surface area contributed by atoms with E-state index in [0.29, 0.717) is 0 Å². The van der Waals surface area contributed by atoms with E-state index >= 15 is 0 Å². The van der Waals surface area contributed by atoms with Crippen molar-refractivity contribution in [1.29, 1.82) is 0 Å². The molecule has 128 valence electrons. The number of hydrogen-bond acceptors (Lipinski definition) is 3. The lowest BCUT2D eigenvalue weighted by Crippen LogP contribution is -2.46. The van der Waals surface area contributed by atoms with Crippen molar-refractivity contribution < 1.29 is 22.8 Å². The minimum absolute atomic E-state index is 0.0749. The van der Waals surface area contributed by atoms with Crippen molar-refractivity contribution in [2.24, 2.45) is 11.7 Å². The highest BCUT2D eigenvalue weighted by molar-refractivity contribution is 6.31. The molecule has 9 heteroatoms. The first-order valence-corrected chi connectivity index (χ1v) is 7.10. The minimum Gasteiger partial charge on any atom is -0.346 e. The third kappa shape index (κ3) is 5.72. The molecule has 0 saturated heterocycles. The Balaban J connectivity index is 2.67. The second-order valence-electron chi connectivity index (χ2n) is 5.23. The Bertz CT molecular complexity index is 591. The number of alkyl halides is 3. The lowest BCUT2D eigenvalue weighted by atomic mass is 10.1.